The van der Waals surface area contributed by atoms with Crippen LogP contribution in [0.5, 0.6) is 0 Å². The smallest absolute Gasteiger partial charge is 0.277 e. The molecule has 1 saturated heterocycles. The number of imide groups is 2. The van der Waals surface area contributed by atoms with Crippen molar-refractivity contribution in [2.24, 2.45) is 5.92 Å². The van der Waals surface area contributed by atoms with Gasteiger partial charge >= 0.3 is 6.03 Å². The van der Waals surface area contributed by atoms with Gasteiger partial charge < -0.3 is 0 Å². The molecule has 2 aromatic rings. The highest BCUT2D eigenvalue weighted by Gasteiger charge is 2.35. The number of carbonyl (C=O) groups is 3. The topological polar surface area (TPSA) is 119 Å². The van der Waals surface area contributed by atoms with Gasteiger partial charge in [-0.2, -0.15) is 4.68 Å². The number of urea groups is 1. The zero-order valence-corrected chi connectivity index (χ0v) is 10.7. The maximum absolute atomic E-state index is 11.7. The molecule has 0 bridgehead atoms. The molecule has 0 aliphatic carbocycles. The predicted octanol–water partition coefficient (Wildman–Crippen LogP) is -0.813. The summed E-state index contributed by atoms with van der Waals surface area (Å²) in [6.07, 6.45) is -0.00710. The number of hydrogen-bond donors (Lipinski definition) is 2. The molecule has 1 fully saturated rings. The lowest BCUT2D eigenvalue weighted by molar-refractivity contribution is -0.135. The van der Waals surface area contributed by atoms with E-state index in [4.69, 9.17) is 0 Å². The van der Waals surface area contributed by atoms with Crippen molar-refractivity contribution in [2.75, 3.05) is 0 Å². The minimum Gasteiger partial charge on any atom is -0.277 e. The molecule has 1 aromatic carbocycles. The van der Waals surface area contributed by atoms with Crippen LogP contribution in [0.2, 0.25) is 0 Å². The molecule has 3 rings (SSSR count). The number of nitrogens with one attached hydrogen (secondary N) is 2. The van der Waals surface area contributed by atoms with E-state index in [0.717, 1.165) is 0 Å². The van der Waals surface area contributed by atoms with Gasteiger partial charge in [0.25, 0.3) is 0 Å². The molecule has 4 amide bonds. The van der Waals surface area contributed by atoms with E-state index in [1.165, 1.54) is 4.68 Å². The first-order valence-corrected chi connectivity index (χ1v) is 6.13. The van der Waals surface area contributed by atoms with Crippen molar-refractivity contribution in [3.8, 4) is 5.69 Å². The van der Waals surface area contributed by atoms with Gasteiger partial charge in [-0.05, 0) is 22.6 Å². The normalized spacial score (nSPS) is 15.7. The van der Waals surface area contributed by atoms with Gasteiger partial charge in [0.15, 0.2) is 5.82 Å². The van der Waals surface area contributed by atoms with Gasteiger partial charge in [-0.1, -0.05) is 18.2 Å². The number of nitrogens with zero attached hydrogens (tertiary/aromatic N) is 4. The van der Waals surface area contributed by atoms with Crippen molar-refractivity contribution in [3.63, 3.8) is 0 Å². The van der Waals surface area contributed by atoms with Gasteiger partial charge in [-0.25, -0.2) is 4.79 Å². The van der Waals surface area contributed by atoms with E-state index in [9.17, 15) is 14.4 Å². The van der Waals surface area contributed by atoms with Gasteiger partial charge in [0, 0.05) is 6.42 Å². The Morgan fingerprint density at radius 3 is 2.38 bits per heavy atom. The van der Waals surface area contributed by atoms with Crippen molar-refractivity contribution in [3.05, 3.63) is 36.2 Å². The summed E-state index contributed by atoms with van der Waals surface area (Å²) in [5.74, 6) is -2.01. The molecule has 1 aromatic heterocycles. The Hall–Kier alpha value is -3.10. The molecule has 0 unspecified atom stereocenters. The summed E-state index contributed by atoms with van der Waals surface area (Å²) in [6.45, 7) is 0. The zero-order chi connectivity index (χ0) is 14.8. The highest BCUT2D eigenvalue weighted by Crippen LogP contribution is 2.13. The molecular formula is C12H10N6O3. The molecule has 1 aliphatic rings. The molecule has 0 saturated carbocycles. The largest absolute Gasteiger partial charge is 0.328 e. The average Bonchev–Trinajstić information content (AvgIpc) is 2.92. The molecule has 1 aliphatic heterocycles. The molecule has 0 radical (unpaired) electrons. The van der Waals surface area contributed by atoms with Crippen LogP contribution in [0.15, 0.2) is 30.3 Å². The number of amides is 4. The Morgan fingerprint density at radius 2 is 1.71 bits per heavy atom. The van der Waals surface area contributed by atoms with E-state index in [0.29, 0.717) is 11.5 Å². The Morgan fingerprint density at radius 1 is 1.05 bits per heavy atom. The van der Waals surface area contributed by atoms with Crippen LogP contribution in [0.1, 0.15) is 5.82 Å². The summed E-state index contributed by atoms with van der Waals surface area (Å²) in [5.41, 5.74) is 0.713. The fourth-order valence-electron chi connectivity index (χ4n) is 2.02. The van der Waals surface area contributed by atoms with Gasteiger partial charge in [-0.15, -0.1) is 5.10 Å². The minimum atomic E-state index is -1.05. The van der Waals surface area contributed by atoms with Crippen LogP contribution in [-0.4, -0.2) is 38.1 Å². The van der Waals surface area contributed by atoms with Crippen LogP contribution >= 0.6 is 0 Å². The third-order valence-corrected chi connectivity index (χ3v) is 3.03. The Kier molecular flexibility index (Phi) is 3.14. The van der Waals surface area contributed by atoms with E-state index < -0.39 is 23.8 Å². The van der Waals surface area contributed by atoms with Gasteiger partial charge in [0.2, 0.25) is 11.8 Å². The number of carbonyl (C=O) groups excluding carboxylic acids is 3. The lowest BCUT2D eigenvalue weighted by atomic mass is 10.0. The molecular weight excluding hydrogens is 276 g/mol. The van der Waals surface area contributed by atoms with E-state index in [1.807, 2.05) is 28.8 Å². The molecule has 2 heterocycles. The molecule has 9 heteroatoms. The van der Waals surface area contributed by atoms with Gasteiger partial charge in [0.1, 0.15) is 5.92 Å². The van der Waals surface area contributed by atoms with Gasteiger partial charge in [0.05, 0.1) is 5.69 Å². The standard InChI is InChI=1S/C12H10N6O3/c19-10-8(11(20)14-12(21)13-10)6-9-15-16-17-18(9)7-4-2-1-3-5-7/h1-5,8H,6H2,(H2,13,14,19,20,21). The highest BCUT2D eigenvalue weighted by atomic mass is 16.2. The first-order valence-electron chi connectivity index (χ1n) is 6.13. The number of rotatable bonds is 3. The second-order valence-corrected chi connectivity index (χ2v) is 4.41. The van der Waals surface area contributed by atoms with E-state index >= 15 is 0 Å². The molecule has 0 spiro atoms. The lowest BCUT2D eigenvalue weighted by Crippen LogP contribution is -2.56. The second-order valence-electron chi connectivity index (χ2n) is 4.41. The van der Waals surface area contributed by atoms with Crippen LogP contribution in [0.3, 0.4) is 0 Å². The summed E-state index contributed by atoms with van der Waals surface area (Å²) in [4.78, 5) is 34.4. The summed E-state index contributed by atoms with van der Waals surface area (Å²) >= 11 is 0. The van der Waals surface area contributed by atoms with Crippen LogP contribution in [0.4, 0.5) is 4.79 Å². The molecule has 9 nitrogen and oxygen atoms in total. The number of hydrogen-bond acceptors (Lipinski definition) is 6. The van der Waals surface area contributed by atoms with Gasteiger partial charge in [-0.3, -0.25) is 20.2 Å². The number of tetrazole rings is 1. The Labute approximate surface area is 118 Å². The molecule has 0 atom stereocenters. The van der Waals surface area contributed by atoms with Crippen LogP contribution in [0, 0.1) is 5.92 Å². The number of benzene rings is 1. The van der Waals surface area contributed by atoms with E-state index in [1.54, 1.807) is 12.1 Å². The van der Waals surface area contributed by atoms with E-state index in [2.05, 4.69) is 15.5 Å². The summed E-state index contributed by atoms with van der Waals surface area (Å²) < 4.78 is 1.44. The quantitative estimate of drug-likeness (QED) is 0.712. The second kappa shape index (κ2) is 5.12. The maximum atomic E-state index is 11.7. The average molecular weight is 286 g/mol. The summed E-state index contributed by atoms with van der Waals surface area (Å²) in [7, 11) is 0. The number of barbiturate groups is 1. The summed E-state index contributed by atoms with van der Waals surface area (Å²) in [5, 5.41) is 15.3. The van der Waals surface area contributed by atoms with Crippen molar-refractivity contribution in [1.29, 1.82) is 0 Å². The Bertz CT molecular complexity index is 691. The number of para-hydroxylation sites is 1. The summed E-state index contributed by atoms with van der Waals surface area (Å²) in [6, 6.07) is 8.26. The first kappa shape index (κ1) is 12.9. The maximum Gasteiger partial charge on any atom is 0.328 e. The predicted molar refractivity (Wildman–Crippen MR) is 68.0 cm³/mol. The van der Waals surface area contributed by atoms with Crippen LogP contribution in [0.25, 0.3) is 5.69 Å². The fourth-order valence-corrected chi connectivity index (χ4v) is 2.02. The fraction of sp³-hybridized carbons (Fsp3) is 0.167. The minimum absolute atomic E-state index is 0.00710. The lowest BCUT2D eigenvalue weighted by Gasteiger charge is -2.19. The third kappa shape index (κ3) is 2.48. The Balaban J connectivity index is 1.86. The van der Waals surface area contributed by atoms with Crippen molar-refractivity contribution in [1.82, 2.24) is 30.8 Å². The van der Waals surface area contributed by atoms with Crippen molar-refractivity contribution >= 4 is 17.8 Å². The number of aromatic nitrogens is 4. The molecule has 106 valence electrons. The van der Waals surface area contributed by atoms with Crippen molar-refractivity contribution in [2.45, 2.75) is 6.42 Å². The molecule has 2 N–H and O–H groups in total. The highest BCUT2D eigenvalue weighted by molar-refractivity contribution is 6.16. The first-order chi connectivity index (χ1) is 10.1. The van der Waals surface area contributed by atoms with E-state index in [-0.39, 0.29) is 6.42 Å². The molecule has 21 heavy (non-hydrogen) atoms. The van der Waals surface area contributed by atoms with Crippen LogP contribution < -0.4 is 10.6 Å². The third-order valence-electron chi connectivity index (χ3n) is 3.03. The zero-order valence-electron chi connectivity index (χ0n) is 10.7. The SMILES string of the molecule is O=C1NC(=O)C(Cc2nnnn2-c2ccccc2)C(=O)N1. The monoisotopic (exact) mass is 286 g/mol. The van der Waals surface area contributed by atoms with Crippen molar-refractivity contribution < 1.29 is 14.4 Å². The van der Waals surface area contributed by atoms with Crippen LogP contribution in [-0.2, 0) is 16.0 Å².